The van der Waals surface area contributed by atoms with Crippen LogP contribution < -0.4 is 5.73 Å². The largest absolute Gasteiger partial charge is 0.340 e. The third-order valence-electron chi connectivity index (χ3n) is 3.96. The molecule has 0 aliphatic carbocycles. The van der Waals surface area contributed by atoms with E-state index >= 15 is 0 Å². The van der Waals surface area contributed by atoms with Gasteiger partial charge in [0.25, 0.3) is 0 Å². The fourth-order valence-corrected chi connectivity index (χ4v) is 2.33. The van der Waals surface area contributed by atoms with Crippen LogP contribution in [-0.2, 0) is 4.79 Å². The number of carbonyl (C=O) groups is 1. The molecule has 0 aromatic rings. The van der Waals surface area contributed by atoms with Crippen LogP contribution in [0.25, 0.3) is 0 Å². The number of amides is 1. The van der Waals surface area contributed by atoms with Crippen molar-refractivity contribution in [1.29, 1.82) is 0 Å². The highest BCUT2D eigenvalue weighted by atomic mass is 16.2. The van der Waals surface area contributed by atoms with E-state index in [4.69, 9.17) is 5.73 Å². The molecule has 2 N–H and O–H groups in total. The van der Waals surface area contributed by atoms with Crippen LogP contribution in [0.5, 0.6) is 0 Å². The van der Waals surface area contributed by atoms with Crippen molar-refractivity contribution in [2.75, 3.05) is 59.9 Å². The van der Waals surface area contributed by atoms with E-state index in [-0.39, 0.29) is 5.91 Å². The van der Waals surface area contributed by atoms with Gasteiger partial charge in [0.1, 0.15) is 0 Å². The zero-order chi connectivity index (χ0) is 14.3. The van der Waals surface area contributed by atoms with E-state index in [1.165, 1.54) is 0 Å². The minimum atomic E-state index is 0.282. The number of rotatable bonds is 7. The van der Waals surface area contributed by atoms with E-state index in [0.717, 1.165) is 45.7 Å². The quantitative estimate of drug-likeness (QED) is 0.711. The monoisotopic (exact) mass is 270 g/mol. The molecule has 1 unspecified atom stereocenters. The van der Waals surface area contributed by atoms with Crippen LogP contribution in [0.2, 0.25) is 0 Å². The lowest BCUT2D eigenvalue weighted by atomic mass is 10.0. The lowest BCUT2D eigenvalue weighted by Gasteiger charge is -2.35. The SMILES string of the molecule is CCC(CN)CC(=O)N1CCN(CCN(C)C)CC1. The van der Waals surface area contributed by atoms with Crippen molar-refractivity contribution < 1.29 is 4.79 Å². The third-order valence-corrected chi connectivity index (χ3v) is 3.96. The Hall–Kier alpha value is -0.650. The lowest BCUT2D eigenvalue weighted by molar-refractivity contribution is -0.133. The molecule has 1 saturated heterocycles. The Labute approximate surface area is 117 Å². The molecule has 0 saturated carbocycles. The first-order chi connectivity index (χ1) is 9.06. The molecule has 1 fully saturated rings. The van der Waals surface area contributed by atoms with Crippen molar-refractivity contribution in [3.05, 3.63) is 0 Å². The number of nitrogens with two attached hydrogens (primary N) is 1. The predicted octanol–water partition coefficient (Wildman–Crippen LogP) is 0.0672. The van der Waals surface area contributed by atoms with Crippen LogP contribution in [-0.4, -0.2) is 80.5 Å². The van der Waals surface area contributed by atoms with E-state index in [0.29, 0.717) is 18.9 Å². The standard InChI is InChI=1S/C14H30N4O/c1-4-13(12-15)11-14(19)18-9-7-17(8-10-18)6-5-16(2)3/h13H,4-12,15H2,1-3H3. The molecule has 1 aliphatic rings. The van der Waals surface area contributed by atoms with Crippen molar-refractivity contribution in [2.24, 2.45) is 11.7 Å². The van der Waals surface area contributed by atoms with Gasteiger partial charge in [0, 0.05) is 45.7 Å². The zero-order valence-electron chi connectivity index (χ0n) is 12.8. The number of hydrogen-bond donors (Lipinski definition) is 1. The van der Waals surface area contributed by atoms with Crippen molar-refractivity contribution in [3.8, 4) is 0 Å². The van der Waals surface area contributed by atoms with E-state index in [9.17, 15) is 4.79 Å². The van der Waals surface area contributed by atoms with Crippen molar-refractivity contribution in [3.63, 3.8) is 0 Å². The summed E-state index contributed by atoms with van der Waals surface area (Å²) in [6.45, 7) is 8.63. The van der Waals surface area contributed by atoms with Crippen LogP contribution in [0.4, 0.5) is 0 Å². The highest BCUT2D eigenvalue weighted by molar-refractivity contribution is 5.76. The highest BCUT2D eigenvalue weighted by Crippen LogP contribution is 2.11. The first-order valence-corrected chi connectivity index (χ1v) is 7.41. The van der Waals surface area contributed by atoms with Gasteiger partial charge in [-0.15, -0.1) is 0 Å². The number of carbonyl (C=O) groups excluding carboxylic acids is 1. The summed E-state index contributed by atoms with van der Waals surface area (Å²) >= 11 is 0. The molecule has 0 aromatic heterocycles. The maximum Gasteiger partial charge on any atom is 0.222 e. The molecule has 112 valence electrons. The predicted molar refractivity (Wildman–Crippen MR) is 79.0 cm³/mol. The summed E-state index contributed by atoms with van der Waals surface area (Å²) in [7, 11) is 4.19. The molecule has 5 nitrogen and oxygen atoms in total. The Bertz CT molecular complexity index is 258. The van der Waals surface area contributed by atoms with Crippen LogP contribution in [0.1, 0.15) is 19.8 Å². The van der Waals surface area contributed by atoms with E-state index < -0.39 is 0 Å². The maximum absolute atomic E-state index is 12.1. The first kappa shape index (κ1) is 16.4. The minimum Gasteiger partial charge on any atom is -0.340 e. The molecule has 1 atom stereocenters. The lowest BCUT2D eigenvalue weighted by Crippen LogP contribution is -2.50. The summed E-state index contributed by atoms with van der Waals surface area (Å²) in [5.74, 6) is 0.629. The molecule has 1 heterocycles. The van der Waals surface area contributed by atoms with E-state index in [1.807, 2.05) is 4.90 Å². The van der Waals surface area contributed by atoms with Gasteiger partial charge in [0.05, 0.1) is 0 Å². The van der Waals surface area contributed by atoms with Gasteiger partial charge in [-0.1, -0.05) is 13.3 Å². The summed E-state index contributed by atoms with van der Waals surface area (Å²) in [5.41, 5.74) is 5.67. The summed E-state index contributed by atoms with van der Waals surface area (Å²) in [5, 5.41) is 0. The number of likely N-dealkylation sites (N-methyl/N-ethyl adjacent to an activating group) is 1. The smallest absolute Gasteiger partial charge is 0.222 e. The highest BCUT2D eigenvalue weighted by Gasteiger charge is 2.22. The molecule has 1 amide bonds. The Morgan fingerprint density at radius 2 is 1.89 bits per heavy atom. The summed E-state index contributed by atoms with van der Waals surface area (Å²) in [6, 6.07) is 0. The molecule has 0 spiro atoms. The van der Waals surface area contributed by atoms with Gasteiger partial charge in [0.2, 0.25) is 5.91 Å². The second-order valence-corrected chi connectivity index (χ2v) is 5.74. The van der Waals surface area contributed by atoms with E-state index in [2.05, 4.69) is 30.8 Å². The summed E-state index contributed by atoms with van der Waals surface area (Å²) in [6.07, 6.45) is 1.61. The number of nitrogens with zero attached hydrogens (tertiary/aromatic N) is 3. The summed E-state index contributed by atoms with van der Waals surface area (Å²) in [4.78, 5) is 18.8. The first-order valence-electron chi connectivity index (χ1n) is 7.41. The Balaban J connectivity index is 2.27. The van der Waals surface area contributed by atoms with Gasteiger partial charge in [-0.3, -0.25) is 9.69 Å². The second-order valence-electron chi connectivity index (χ2n) is 5.74. The summed E-state index contributed by atoms with van der Waals surface area (Å²) < 4.78 is 0. The van der Waals surface area contributed by atoms with Gasteiger partial charge in [0.15, 0.2) is 0 Å². The van der Waals surface area contributed by atoms with Gasteiger partial charge in [-0.25, -0.2) is 0 Å². The fraction of sp³-hybridized carbons (Fsp3) is 0.929. The van der Waals surface area contributed by atoms with Crippen molar-refractivity contribution in [1.82, 2.24) is 14.7 Å². The van der Waals surface area contributed by atoms with Crippen LogP contribution in [0, 0.1) is 5.92 Å². The van der Waals surface area contributed by atoms with Gasteiger partial charge >= 0.3 is 0 Å². The zero-order valence-corrected chi connectivity index (χ0v) is 12.8. The van der Waals surface area contributed by atoms with Crippen LogP contribution >= 0.6 is 0 Å². The van der Waals surface area contributed by atoms with Crippen molar-refractivity contribution in [2.45, 2.75) is 19.8 Å². The number of hydrogen-bond acceptors (Lipinski definition) is 4. The fourth-order valence-electron chi connectivity index (χ4n) is 2.33. The van der Waals surface area contributed by atoms with Gasteiger partial charge in [-0.2, -0.15) is 0 Å². The molecule has 0 aromatic carbocycles. The van der Waals surface area contributed by atoms with Gasteiger partial charge in [-0.05, 0) is 26.6 Å². The maximum atomic E-state index is 12.1. The molecule has 5 heteroatoms. The molecule has 0 bridgehead atoms. The molecular weight excluding hydrogens is 240 g/mol. The topological polar surface area (TPSA) is 52.8 Å². The minimum absolute atomic E-state index is 0.282. The van der Waals surface area contributed by atoms with Crippen LogP contribution in [0.15, 0.2) is 0 Å². The Morgan fingerprint density at radius 1 is 1.26 bits per heavy atom. The third kappa shape index (κ3) is 5.89. The Kier molecular flexibility index (Phi) is 7.34. The average molecular weight is 270 g/mol. The van der Waals surface area contributed by atoms with E-state index in [1.54, 1.807) is 0 Å². The molecule has 1 aliphatic heterocycles. The molecular formula is C14H30N4O. The van der Waals surface area contributed by atoms with Crippen LogP contribution in [0.3, 0.4) is 0 Å². The van der Waals surface area contributed by atoms with Crippen molar-refractivity contribution >= 4 is 5.91 Å². The Morgan fingerprint density at radius 3 is 2.37 bits per heavy atom. The number of piperazine rings is 1. The van der Waals surface area contributed by atoms with Gasteiger partial charge < -0.3 is 15.5 Å². The molecule has 0 radical (unpaired) electrons. The average Bonchev–Trinajstić information content (AvgIpc) is 2.42. The normalized spacial score (nSPS) is 18.9. The second kappa shape index (κ2) is 8.51. The molecule has 1 rings (SSSR count). The molecule has 19 heavy (non-hydrogen) atoms.